The van der Waals surface area contributed by atoms with Crippen LogP contribution in [0.15, 0.2) is 67.0 Å². The highest BCUT2D eigenvalue weighted by atomic mass is 16.3. The van der Waals surface area contributed by atoms with Crippen molar-refractivity contribution in [2.45, 2.75) is 45.9 Å². The van der Waals surface area contributed by atoms with Gasteiger partial charge in [-0.05, 0) is 37.6 Å². The maximum absolute atomic E-state index is 10.8. The van der Waals surface area contributed by atoms with E-state index in [0.717, 1.165) is 55.8 Å². The Morgan fingerprint density at radius 1 is 0.975 bits per heavy atom. The molecule has 0 unspecified atom stereocenters. The third-order valence-electron chi connectivity index (χ3n) is 7.37. The minimum Gasteiger partial charge on any atom is -0.386 e. The number of nitrogens with one attached hydrogen (secondary N) is 1. The molecule has 40 heavy (non-hydrogen) atoms. The fourth-order valence-electron chi connectivity index (χ4n) is 5.57. The Morgan fingerprint density at radius 2 is 1.77 bits per heavy atom. The van der Waals surface area contributed by atoms with Gasteiger partial charge in [-0.1, -0.05) is 56.3 Å². The summed E-state index contributed by atoms with van der Waals surface area (Å²) in [5, 5.41) is 30.6. The number of fused-ring (bicyclic) bond motifs is 2. The Hall–Kier alpha value is -4.34. The molecule has 0 aliphatic heterocycles. The maximum Gasteiger partial charge on any atom is 0.181 e. The van der Waals surface area contributed by atoms with Crippen molar-refractivity contribution < 1.29 is 5.11 Å². The van der Waals surface area contributed by atoms with Crippen LogP contribution < -0.4 is 5.32 Å². The van der Waals surface area contributed by atoms with Crippen LogP contribution in [0.3, 0.4) is 0 Å². The van der Waals surface area contributed by atoms with E-state index < -0.39 is 6.10 Å². The Balaban J connectivity index is 1.48. The van der Waals surface area contributed by atoms with Crippen molar-refractivity contribution in [1.29, 1.82) is 0 Å². The molecule has 204 valence electrons. The monoisotopic (exact) mass is 534 g/mol. The number of nitrogens with zero attached hydrogens (tertiary/aromatic N) is 7. The van der Waals surface area contributed by atoms with Gasteiger partial charge in [0.2, 0.25) is 0 Å². The van der Waals surface area contributed by atoms with Gasteiger partial charge in [-0.15, -0.1) is 0 Å². The molecular weight excluding hydrogens is 500 g/mol. The summed E-state index contributed by atoms with van der Waals surface area (Å²) >= 11 is 0. The molecule has 4 heterocycles. The highest BCUT2D eigenvalue weighted by molar-refractivity contribution is 5.94. The second-order valence-electron chi connectivity index (χ2n) is 10.6. The first-order valence-electron chi connectivity index (χ1n) is 13.6. The minimum atomic E-state index is -0.646. The molecular formula is C31H34N8O. The van der Waals surface area contributed by atoms with Gasteiger partial charge in [0.1, 0.15) is 0 Å². The molecule has 1 atom stereocenters. The SMILES string of the molecule is CNCc1nc2nn(C)cc2cc1-n1nc(-c2cccc3nn(C[C@H](O)c4ccccc4)cc23)c(C(C)C)c1C. The lowest BCUT2D eigenvalue weighted by Crippen LogP contribution is -2.13. The zero-order valence-corrected chi connectivity index (χ0v) is 23.5. The van der Waals surface area contributed by atoms with Crippen molar-refractivity contribution in [2.24, 2.45) is 7.05 Å². The molecule has 0 fully saturated rings. The molecule has 2 N–H and O–H groups in total. The van der Waals surface area contributed by atoms with Gasteiger partial charge in [0.15, 0.2) is 5.65 Å². The highest BCUT2D eigenvalue weighted by Gasteiger charge is 2.24. The molecule has 9 nitrogen and oxygen atoms in total. The van der Waals surface area contributed by atoms with E-state index in [-0.39, 0.29) is 5.92 Å². The summed E-state index contributed by atoms with van der Waals surface area (Å²) in [6.07, 6.45) is 3.36. The third-order valence-corrected chi connectivity index (χ3v) is 7.37. The third kappa shape index (κ3) is 4.57. The summed E-state index contributed by atoms with van der Waals surface area (Å²) < 4.78 is 5.65. The van der Waals surface area contributed by atoms with Crippen LogP contribution in [0.4, 0.5) is 0 Å². The zero-order valence-electron chi connectivity index (χ0n) is 23.5. The Labute approximate surface area is 233 Å². The molecule has 6 aromatic rings. The van der Waals surface area contributed by atoms with Gasteiger partial charge in [0, 0.05) is 53.6 Å². The van der Waals surface area contributed by atoms with Crippen molar-refractivity contribution in [3.8, 4) is 16.9 Å². The normalized spacial score (nSPS) is 12.7. The summed E-state index contributed by atoms with van der Waals surface area (Å²) in [4.78, 5) is 4.87. The van der Waals surface area contributed by atoms with E-state index in [1.165, 1.54) is 5.56 Å². The molecule has 9 heteroatoms. The van der Waals surface area contributed by atoms with Crippen LogP contribution in [0, 0.1) is 6.92 Å². The fraction of sp³-hybridized carbons (Fsp3) is 0.290. The first-order chi connectivity index (χ1) is 19.3. The second kappa shape index (κ2) is 10.3. The van der Waals surface area contributed by atoms with Crippen molar-refractivity contribution in [3.63, 3.8) is 0 Å². The summed E-state index contributed by atoms with van der Waals surface area (Å²) in [6.45, 7) is 7.50. The van der Waals surface area contributed by atoms with Gasteiger partial charge in [-0.2, -0.15) is 15.3 Å². The van der Waals surface area contributed by atoms with E-state index in [9.17, 15) is 5.11 Å². The largest absolute Gasteiger partial charge is 0.386 e. The van der Waals surface area contributed by atoms with Crippen LogP contribution in [0.1, 0.15) is 48.4 Å². The molecule has 2 aromatic carbocycles. The second-order valence-corrected chi connectivity index (χ2v) is 10.6. The number of benzene rings is 2. The Kier molecular flexibility index (Phi) is 6.69. The summed E-state index contributed by atoms with van der Waals surface area (Å²) in [5.74, 6) is 0.247. The van der Waals surface area contributed by atoms with E-state index in [1.54, 1.807) is 4.68 Å². The molecule has 0 saturated carbocycles. The number of aliphatic hydroxyl groups excluding tert-OH is 1. The smallest absolute Gasteiger partial charge is 0.181 e. The number of aromatic nitrogens is 7. The fourth-order valence-corrected chi connectivity index (χ4v) is 5.57. The van der Waals surface area contributed by atoms with Crippen LogP contribution >= 0.6 is 0 Å². The van der Waals surface area contributed by atoms with Gasteiger partial charge >= 0.3 is 0 Å². The van der Waals surface area contributed by atoms with Gasteiger partial charge in [0.25, 0.3) is 0 Å². The van der Waals surface area contributed by atoms with Crippen LogP contribution in [-0.4, -0.2) is 46.5 Å². The van der Waals surface area contributed by atoms with Gasteiger partial charge in [-0.3, -0.25) is 9.36 Å². The molecule has 0 bridgehead atoms. The van der Waals surface area contributed by atoms with E-state index in [0.29, 0.717) is 13.1 Å². The molecule has 0 amide bonds. The quantitative estimate of drug-likeness (QED) is 0.283. The van der Waals surface area contributed by atoms with Crippen LogP contribution in [0.25, 0.3) is 38.9 Å². The average Bonchev–Trinajstić information content (AvgIpc) is 3.62. The summed E-state index contributed by atoms with van der Waals surface area (Å²) in [6, 6.07) is 18.0. The lowest BCUT2D eigenvalue weighted by atomic mass is 9.95. The van der Waals surface area contributed by atoms with Gasteiger partial charge in [0.05, 0.1) is 35.2 Å². The number of aliphatic hydroxyl groups is 1. The first kappa shape index (κ1) is 25.9. The number of pyridine rings is 1. The lowest BCUT2D eigenvalue weighted by molar-refractivity contribution is 0.152. The van der Waals surface area contributed by atoms with Crippen molar-refractivity contribution in [2.75, 3.05) is 7.05 Å². The molecule has 6 rings (SSSR count). The summed E-state index contributed by atoms with van der Waals surface area (Å²) in [5.41, 5.74) is 8.51. The van der Waals surface area contributed by atoms with Crippen LogP contribution in [-0.2, 0) is 20.1 Å². The molecule has 4 aromatic heterocycles. The topological polar surface area (TPSA) is 98.6 Å². The predicted octanol–water partition coefficient (Wildman–Crippen LogP) is 5.06. The van der Waals surface area contributed by atoms with E-state index >= 15 is 0 Å². The Morgan fingerprint density at radius 3 is 2.52 bits per heavy atom. The minimum absolute atomic E-state index is 0.247. The Bertz CT molecular complexity index is 1810. The standard InChI is InChI=1S/C31H34N8O/c1-19(2)29-20(3)39(27-14-22-16-37(5)36-31(22)33-26(27)15-32-4)35-30(29)23-12-9-13-25-24(23)17-38(34-25)18-28(40)21-10-7-6-8-11-21/h6-14,16-17,19,28,32,40H,15,18H2,1-5H3/t28-/m0/s1. The molecule has 0 saturated heterocycles. The van der Waals surface area contributed by atoms with Gasteiger partial charge in [-0.25, -0.2) is 9.67 Å². The molecule has 0 aliphatic rings. The number of hydrogen-bond donors (Lipinski definition) is 2. The predicted molar refractivity (Wildman–Crippen MR) is 157 cm³/mol. The maximum atomic E-state index is 10.8. The zero-order chi connectivity index (χ0) is 28.0. The van der Waals surface area contributed by atoms with Crippen LogP contribution in [0.5, 0.6) is 0 Å². The van der Waals surface area contributed by atoms with E-state index in [4.69, 9.17) is 15.2 Å². The van der Waals surface area contributed by atoms with Crippen molar-refractivity contribution in [1.82, 2.24) is 39.6 Å². The van der Waals surface area contributed by atoms with Crippen molar-refractivity contribution >= 4 is 21.9 Å². The summed E-state index contributed by atoms with van der Waals surface area (Å²) in [7, 11) is 3.83. The highest BCUT2D eigenvalue weighted by Crippen LogP contribution is 2.37. The first-order valence-corrected chi connectivity index (χ1v) is 13.6. The van der Waals surface area contributed by atoms with E-state index in [2.05, 4.69) is 43.3 Å². The molecule has 0 radical (unpaired) electrons. The number of hydrogen-bond acceptors (Lipinski definition) is 6. The molecule has 0 aliphatic carbocycles. The number of aryl methyl sites for hydroxylation is 1. The van der Waals surface area contributed by atoms with Crippen LogP contribution in [0.2, 0.25) is 0 Å². The number of rotatable bonds is 8. The van der Waals surface area contributed by atoms with Gasteiger partial charge < -0.3 is 10.4 Å². The lowest BCUT2D eigenvalue weighted by Gasteiger charge is -2.11. The van der Waals surface area contributed by atoms with E-state index in [1.807, 2.05) is 78.3 Å². The van der Waals surface area contributed by atoms with Crippen molar-refractivity contribution in [3.05, 3.63) is 89.5 Å². The average molecular weight is 535 g/mol. The molecule has 0 spiro atoms.